The number of Topliss-reactive ketones (excluding diaryl/α,β-unsaturated/α-hetero) is 1. The summed E-state index contributed by atoms with van der Waals surface area (Å²) < 4.78 is 31.6. The molecule has 2 heterocycles. The quantitative estimate of drug-likeness (QED) is 0.402. The zero-order chi connectivity index (χ0) is 22.7. The highest BCUT2D eigenvalue weighted by Crippen LogP contribution is 2.27. The zero-order valence-electron chi connectivity index (χ0n) is 17.8. The zero-order valence-corrected chi connectivity index (χ0v) is 18.6. The van der Waals surface area contributed by atoms with Gasteiger partial charge in [0.15, 0.2) is 11.4 Å². The topological polar surface area (TPSA) is 102 Å². The van der Waals surface area contributed by atoms with Gasteiger partial charge in [-0.15, -0.1) is 0 Å². The number of fused-ring (bicyclic) bond motifs is 1. The Bertz CT molecular complexity index is 1380. The maximum Gasteiger partial charge on any atom is 0.206 e. The molecule has 0 aliphatic heterocycles. The largest absolute Gasteiger partial charge is 0.494 e. The van der Waals surface area contributed by atoms with Crippen LogP contribution in [-0.2, 0) is 16.3 Å². The number of aromatic nitrogens is 3. The second kappa shape index (κ2) is 8.92. The second-order valence-electron chi connectivity index (χ2n) is 7.46. The van der Waals surface area contributed by atoms with Gasteiger partial charge >= 0.3 is 0 Å². The van der Waals surface area contributed by atoms with E-state index in [-0.39, 0.29) is 15.6 Å². The first-order chi connectivity index (χ1) is 15.4. The minimum Gasteiger partial charge on any atom is -0.494 e. The molecule has 2 aromatic heterocycles. The number of H-pyrrole nitrogens is 1. The van der Waals surface area contributed by atoms with E-state index in [2.05, 4.69) is 15.2 Å². The van der Waals surface area contributed by atoms with Crippen LogP contribution in [0.15, 0.2) is 70.7 Å². The molecule has 32 heavy (non-hydrogen) atoms. The monoisotopic (exact) mass is 449 g/mol. The third kappa shape index (κ3) is 4.40. The van der Waals surface area contributed by atoms with Crippen LogP contribution in [0.3, 0.4) is 0 Å². The third-order valence-electron chi connectivity index (χ3n) is 5.23. The Morgan fingerprint density at radius 2 is 1.84 bits per heavy atom. The minimum atomic E-state index is -3.65. The maximum absolute atomic E-state index is 13.1. The smallest absolute Gasteiger partial charge is 0.206 e. The number of nitrogens with zero attached hydrogens (tertiary/aromatic N) is 2. The molecule has 0 spiro atoms. The first-order valence-electron chi connectivity index (χ1n) is 10.3. The maximum atomic E-state index is 13.1. The number of aromatic amines is 1. The summed E-state index contributed by atoms with van der Waals surface area (Å²) in [5, 5.41) is 7.45. The van der Waals surface area contributed by atoms with E-state index < -0.39 is 9.84 Å². The molecule has 0 amide bonds. The Labute approximate surface area is 186 Å². The van der Waals surface area contributed by atoms with Gasteiger partial charge in [0.05, 0.1) is 22.6 Å². The number of aryl methyl sites for hydroxylation is 2. The molecular weight excluding hydrogens is 426 g/mol. The van der Waals surface area contributed by atoms with E-state index in [9.17, 15) is 13.2 Å². The first-order valence-corrected chi connectivity index (χ1v) is 11.8. The molecule has 1 N–H and O–H groups in total. The van der Waals surface area contributed by atoms with Gasteiger partial charge < -0.3 is 4.74 Å². The van der Waals surface area contributed by atoms with E-state index in [0.717, 1.165) is 10.9 Å². The molecule has 0 atom stereocenters. The number of ether oxygens (including phenoxy) is 1. The number of pyridine rings is 1. The van der Waals surface area contributed by atoms with Crippen LogP contribution in [0.1, 0.15) is 34.8 Å². The fraction of sp³-hybridized carbons (Fsp3) is 0.208. The van der Waals surface area contributed by atoms with E-state index in [0.29, 0.717) is 42.0 Å². The highest BCUT2D eigenvalue weighted by atomic mass is 32.2. The summed E-state index contributed by atoms with van der Waals surface area (Å²) >= 11 is 0. The van der Waals surface area contributed by atoms with Crippen LogP contribution < -0.4 is 4.74 Å². The van der Waals surface area contributed by atoms with E-state index in [1.54, 1.807) is 61.7 Å². The van der Waals surface area contributed by atoms with Crippen LogP contribution in [0.5, 0.6) is 5.75 Å². The summed E-state index contributed by atoms with van der Waals surface area (Å²) in [6.45, 7) is 4.15. The number of rotatable bonds is 8. The minimum absolute atomic E-state index is 0.0256. The highest BCUT2D eigenvalue weighted by molar-refractivity contribution is 7.91. The van der Waals surface area contributed by atoms with Crippen molar-refractivity contribution in [2.45, 2.75) is 36.5 Å². The van der Waals surface area contributed by atoms with Crippen molar-refractivity contribution in [2.24, 2.45) is 0 Å². The van der Waals surface area contributed by atoms with Gasteiger partial charge in [-0.1, -0.05) is 12.1 Å². The van der Waals surface area contributed by atoms with E-state index >= 15 is 0 Å². The van der Waals surface area contributed by atoms with Gasteiger partial charge in [-0.25, -0.2) is 13.4 Å². The van der Waals surface area contributed by atoms with Gasteiger partial charge in [0, 0.05) is 23.6 Å². The number of ketones is 1. The molecule has 0 fully saturated rings. The number of carbonyl (C=O) groups excluding carboxylic acids is 1. The predicted octanol–water partition coefficient (Wildman–Crippen LogP) is 4.31. The fourth-order valence-corrected chi connectivity index (χ4v) is 5.01. The van der Waals surface area contributed by atoms with Gasteiger partial charge in [-0.2, -0.15) is 5.10 Å². The van der Waals surface area contributed by atoms with Crippen LogP contribution in [0.2, 0.25) is 0 Å². The lowest BCUT2D eigenvalue weighted by atomic mass is 10.0. The van der Waals surface area contributed by atoms with Gasteiger partial charge in [0.2, 0.25) is 9.84 Å². The lowest BCUT2D eigenvalue weighted by molar-refractivity contribution is 0.0982. The number of nitrogens with one attached hydrogen (secondary N) is 1. The molecule has 0 saturated heterocycles. The lowest BCUT2D eigenvalue weighted by Crippen LogP contribution is -2.05. The van der Waals surface area contributed by atoms with E-state index in [4.69, 9.17) is 4.74 Å². The van der Waals surface area contributed by atoms with E-state index in [1.165, 1.54) is 6.20 Å². The van der Waals surface area contributed by atoms with Crippen molar-refractivity contribution in [1.82, 2.24) is 15.2 Å². The number of hydrogen-bond acceptors (Lipinski definition) is 6. The lowest BCUT2D eigenvalue weighted by Gasteiger charge is -2.11. The van der Waals surface area contributed by atoms with Gasteiger partial charge in [-0.05, 0) is 67.8 Å². The van der Waals surface area contributed by atoms with Crippen molar-refractivity contribution in [3.8, 4) is 5.75 Å². The van der Waals surface area contributed by atoms with Gasteiger partial charge in [0.25, 0.3) is 0 Å². The molecule has 4 aromatic rings. The molecule has 0 unspecified atom stereocenters. The molecule has 0 bridgehead atoms. The van der Waals surface area contributed by atoms with Crippen molar-refractivity contribution >= 4 is 26.7 Å². The standard InChI is InChI=1S/C24H23N3O4S/c1-3-31-20-7-11-23(16(2)12-20)32(29,30)21-8-4-17(5-9-21)6-10-22(28)18-13-19-15-26-27-24(19)25-14-18/h4-5,7-9,11-15H,3,6,10H2,1-2H3,(H,25,26,27). The van der Waals surface area contributed by atoms with Crippen LogP contribution in [0.4, 0.5) is 0 Å². The Morgan fingerprint density at radius 3 is 2.56 bits per heavy atom. The molecule has 8 heteroatoms. The van der Waals surface area contributed by atoms with Gasteiger partial charge in [0.1, 0.15) is 5.75 Å². The Morgan fingerprint density at radius 1 is 1.06 bits per heavy atom. The van der Waals surface area contributed by atoms with Crippen molar-refractivity contribution < 1.29 is 17.9 Å². The Hall–Kier alpha value is -3.52. The number of sulfone groups is 1. The Balaban J connectivity index is 1.46. The van der Waals surface area contributed by atoms with Crippen molar-refractivity contribution in [1.29, 1.82) is 0 Å². The SMILES string of the molecule is CCOc1ccc(S(=O)(=O)c2ccc(CCC(=O)c3cnc4[nH]ncc4c3)cc2)c(C)c1. The van der Waals surface area contributed by atoms with Crippen LogP contribution in [0.25, 0.3) is 11.0 Å². The summed E-state index contributed by atoms with van der Waals surface area (Å²) in [6, 6.07) is 13.4. The van der Waals surface area contributed by atoms with Crippen LogP contribution in [-0.4, -0.2) is 36.0 Å². The number of hydrogen-bond donors (Lipinski definition) is 1. The predicted molar refractivity (Wildman–Crippen MR) is 121 cm³/mol. The molecule has 164 valence electrons. The average molecular weight is 450 g/mol. The third-order valence-corrected chi connectivity index (χ3v) is 7.16. The molecule has 0 aliphatic carbocycles. The molecule has 0 saturated carbocycles. The summed E-state index contributed by atoms with van der Waals surface area (Å²) in [6.07, 6.45) is 3.97. The molecule has 4 rings (SSSR count). The average Bonchev–Trinajstić information content (AvgIpc) is 3.26. The van der Waals surface area contributed by atoms with E-state index in [1.807, 2.05) is 6.92 Å². The summed E-state index contributed by atoms with van der Waals surface area (Å²) in [5.41, 5.74) is 2.69. The normalized spacial score (nSPS) is 11.6. The molecular formula is C24H23N3O4S. The number of carbonyl (C=O) groups is 1. The molecule has 2 aromatic carbocycles. The highest BCUT2D eigenvalue weighted by Gasteiger charge is 2.20. The molecule has 0 aliphatic rings. The summed E-state index contributed by atoms with van der Waals surface area (Å²) in [7, 11) is -3.65. The molecule has 0 radical (unpaired) electrons. The molecule has 7 nitrogen and oxygen atoms in total. The summed E-state index contributed by atoms with van der Waals surface area (Å²) in [5.74, 6) is 0.619. The van der Waals surface area contributed by atoms with Gasteiger partial charge in [-0.3, -0.25) is 9.89 Å². The fourth-order valence-electron chi connectivity index (χ4n) is 3.53. The van der Waals surface area contributed by atoms with Crippen LogP contribution in [0, 0.1) is 6.92 Å². The van der Waals surface area contributed by atoms with Crippen molar-refractivity contribution in [2.75, 3.05) is 6.61 Å². The summed E-state index contributed by atoms with van der Waals surface area (Å²) in [4.78, 5) is 17.2. The van der Waals surface area contributed by atoms with Crippen molar-refractivity contribution in [3.63, 3.8) is 0 Å². The Kier molecular flexibility index (Phi) is 6.05. The van der Waals surface area contributed by atoms with Crippen molar-refractivity contribution in [3.05, 3.63) is 77.6 Å². The second-order valence-corrected chi connectivity index (χ2v) is 9.38. The van der Waals surface area contributed by atoms with Crippen LogP contribution >= 0.6 is 0 Å². The first kappa shape index (κ1) is 21.7. The number of benzene rings is 2.